The van der Waals surface area contributed by atoms with Gasteiger partial charge in [0, 0.05) is 17.9 Å². The summed E-state index contributed by atoms with van der Waals surface area (Å²) in [6.45, 7) is 3.30. The van der Waals surface area contributed by atoms with Crippen LogP contribution in [0.15, 0.2) is 40.0 Å². The molecule has 2 aromatic carbocycles. The van der Waals surface area contributed by atoms with E-state index in [9.17, 15) is 35.2 Å². The lowest BCUT2D eigenvalue weighted by Gasteiger charge is -2.13. The summed E-state index contributed by atoms with van der Waals surface area (Å²) in [5.74, 6) is -4.32. The second-order valence-corrected chi connectivity index (χ2v) is 10.4. The molecule has 1 N–H and O–H groups in total. The summed E-state index contributed by atoms with van der Waals surface area (Å²) in [6.07, 6.45) is -5.01. The predicted octanol–water partition coefficient (Wildman–Crippen LogP) is 4.80. The molecule has 14 heteroatoms. The fraction of sp³-hybridized carbons (Fsp3) is 0.286. The highest BCUT2D eigenvalue weighted by Crippen LogP contribution is 2.34. The predicted molar refractivity (Wildman–Crippen MR) is 113 cm³/mol. The summed E-state index contributed by atoms with van der Waals surface area (Å²) in [7, 11) is -3.97. The van der Waals surface area contributed by atoms with Gasteiger partial charge in [-0.1, -0.05) is 10.3 Å². The third-order valence-corrected chi connectivity index (χ3v) is 6.66. The van der Waals surface area contributed by atoms with Gasteiger partial charge in [-0.2, -0.15) is 13.2 Å². The Hall–Kier alpha value is -3.55. The van der Waals surface area contributed by atoms with Crippen LogP contribution in [0.2, 0.25) is 0 Å². The minimum absolute atomic E-state index is 0.0267. The molecule has 3 aromatic rings. The van der Waals surface area contributed by atoms with Crippen molar-refractivity contribution in [1.29, 1.82) is 0 Å². The highest BCUT2D eigenvalue weighted by molar-refractivity contribution is 8.05. The molecule has 2 heterocycles. The van der Waals surface area contributed by atoms with E-state index >= 15 is 0 Å². The lowest BCUT2D eigenvalue weighted by molar-refractivity contribution is -0.138. The summed E-state index contributed by atoms with van der Waals surface area (Å²) in [4.78, 5) is 17.5. The van der Waals surface area contributed by atoms with Gasteiger partial charge in [-0.05, 0) is 38.1 Å². The standard InChI is InChI=1S/C21H16F5N3O5S/c1-20(2)8-18(29-34-20)35(31,32)9-16-12-6-14(23)15(7-17(12)33-28-16)27-19(30)11-4-3-10(22)5-13(11)21(24,25)26/h3-7H,8-9H2,1-2H3,(H,27,30). The SMILES string of the molecule is CC1(C)CC(S(=O)(=O)Cc2noc3cc(NC(=O)c4ccc(F)cc4C(F)(F)F)c(F)cc23)=NO1. The van der Waals surface area contributed by atoms with Crippen molar-refractivity contribution in [2.45, 2.75) is 37.8 Å². The molecule has 186 valence electrons. The Bertz CT molecular complexity index is 1480. The summed E-state index contributed by atoms with van der Waals surface area (Å²) < 4.78 is 98.0. The second-order valence-electron chi connectivity index (χ2n) is 8.37. The molecule has 35 heavy (non-hydrogen) atoms. The smallest absolute Gasteiger partial charge is 0.389 e. The number of carbonyl (C=O) groups excluding carboxylic acids is 1. The molecule has 0 bridgehead atoms. The molecule has 0 atom stereocenters. The molecule has 0 saturated carbocycles. The minimum atomic E-state index is -5.04. The van der Waals surface area contributed by atoms with Gasteiger partial charge in [0.15, 0.2) is 10.6 Å². The van der Waals surface area contributed by atoms with Gasteiger partial charge in [0.2, 0.25) is 9.84 Å². The molecular formula is C21H16F5N3O5S. The molecule has 1 amide bonds. The molecule has 4 rings (SSSR count). The van der Waals surface area contributed by atoms with Crippen molar-refractivity contribution < 1.29 is 44.5 Å². The van der Waals surface area contributed by atoms with E-state index in [2.05, 4.69) is 10.3 Å². The summed E-state index contributed by atoms with van der Waals surface area (Å²) in [6, 6.07) is 3.21. The lowest BCUT2D eigenvalue weighted by Crippen LogP contribution is -2.23. The average Bonchev–Trinajstić information content (AvgIpc) is 3.30. The average molecular weight is 517 g/mol. The van der Waals surface area contributed by atoms with Gasteiger partial charge in [0.25, 0.3) is 5.91 Å². The van der Waals surface area contributed by atoms with Gasteiger partial charge in [-0.15, -0.1) is 0 Å². The van der Waals surface area contributed by atoms with Gasteiger partial charge in [0.1, 0.15) is 28.7 Å². The highest BCUT2D eigenvalue weighted by atomic mass is 32.2. The Morgan fingerprint density at radius 3 is 2.51 bits per heavy atom. The zero-order chi connectivity index (χ0) is 25.8. The van der Waals surface area contributed by atoms with Crippen molar-refractivity contribution in [2.24, 2.45) is 5.16 Å². The van der Waals surface area contributed by atoms with Crippen LogP contribution in [0.3, 0.4) is 0 Å². The number of anilines is 1. The van der Waals surface area contributed by atoms with Crippen LogP contribution in [0, 0.1) is 11.6 Å². The van der Waals surface area contributed by atoms with E-state index in [1.54, 1.807) is 13.8 Å². The zero-order valence-electron chi connectivity index (χ0n) is 18.0. The first kappa shape index (κ1) is 24.6. The van der Waals surface area contributed by atoms with E-state index in [4.69, 9.17) is 9.36 Å². The molecule has 0 saturated heterocycles. The van der Waals surface area contributed by atoms with E-state index in [1.165, 1.54) is 0 Å². The van der Waals surface area contributed by atoms with Crippen LogP contribution in [-0.2, 0) is 26.6 Å². The molecule has 0 spiro atoms. The number of carbonyl (C=O) groups is 1. The Labute approximate surface area is 194 Å². The van der Waals surface area contributed by atoms with Crippen LogP contribution in [0.1, 0.15) is 41.9 Å². The molecule has 1 aromatic heterocycles. The Morgan fingerprint density at radius 1 is 1.17 bits per heavy atom. The van der Waals surface area contributed by atoms with Gasteiger partial charge in [-0.25, -0.2) is 17.2 Å². The van der Waals surface area contributed by atoms with E-state index in [0.29, 0.717) is 12.1 Å². The maximum absolute atomic E-state index is 14.7. The largest absolute Gasteiger partial charge is 0.417 e. The third-order valence-electron chi connectivity index (χ3n) is 5.07. The van der Waals surface area contributed by atoms with Crippen molar-refractivity contribution in [1.82, 2.24) is 5.16 Å². The molecule has 0 unspecified atom stereocenters. The Morgan fingerprint density at radius 2 is 1.89 bits per heavy atom. The van der Waals surface area contributed by atoms with Crippen molar-refractivity contribution in [2.75, 3.05) is 5.32 Å². The molecule has 1 aliphatic rings. The van der Waals surface area contributed by atoms with Gasteiger partial charge in [0.05, 0.1) is 16.8 Å². The number of rotatable bonds is 4. The number of alkyl halides is 3. The molecule has 0 fully saturated rings. The van der Waals surface area contributed by atoms with Crippen LogP contribution in [0.25, 0.3) is 11.0 Å². The Balaban J connectivity index is 1.61. The first-order chi connectivity index (χ1) is 16.2. The van der Waals surface area contributed by atoms with Crippen molar-refractivity contribution in [3.8, 4) is 0 Å². The quantitative estimate of drug-likeness (QED) is 0.498. The molecule has 0 aliphatic carbocycles. The maximum atomic E-state index is 14.7. The van der Waals surface area contributed by atoms with E-state index in [-0.39, 0.29) is 34.2 Å². The number of benzene rings is 2. The number of oxime groups is 1. The van der Waals surface area contributed by atoms with Crippen LogP contribution >= 0.6 is 0 Å². The number of sulfone groups is 1. The number of nitrogens with one attached hydrogen (secondary N) is 1. The lowest BCUT2D eigenvalue weighted by atomic mass is 10.1. The van der Waals surface area contributed by atoms with Crippen LogP contribution < -0.4 is 5.32 Å². The van der Waals surface area contributed by atoms with E-state index < -0.39 is 61.7 Å². The van der Waals surface area contributed by atoms with E-state index in [0.717, 1.165) is 12.1 Å². The number of halogens is 5. The summed E-state index contributed by atoms with van der Waals surface area (Å²) in [5, 5.41) is 8.98. The van der Waals surface area contributed by atoms with E-state index in [1.807, 2.05) is 5.32 Å². The number of hydrogen-bond donors (Lipinski definition) is 1. The van der Waals surface area contributed by atoms with Gasteiger partial charge >= 0.3 is 6.18 Å². The number of fused-ring (bicyclic) bond motifs is 1. The van der Waals surface area contributed by atoms with Crippen LogP contribution in [0.4, 0.5) is 27.6 Å². The minimum Gasteiger partial charge on any atom is -0.389 e. The highest BCUT2D eigenvalue weighted by Gasteiger charge is 2.37. The first-order valence-electron chi connectivity index (χ1n) is 9.90. The van der Waals surface area contributed by atoms with Crippen LogP contribution in [0.5, 0.6) is 0 Å². The topological polar surface area (TPSA) is 111 Å². The normalized spacial score (nSPS) is 15.7. The number of amides is 1. The van der Waals surface area contributed by atoms with Crippen molar-refractivity contribution >= 4 is 37.4 Å². The fourth-order valence-electron chi connectivity index (χ4n) is 3.38. The third kappa shape index (κ3) is 4.97. The monoisotopic (exact) mass is 517 g/mol. The van der Waals surface area contributed by atoms with Gasteiger partial charge in [-0.3, -0.25) is 4.79 Å². The summed E-state index contributed by atoms with van der Waals surface area (Å²) in [5.41, 5.74) is -4.09. The molecule has 0 radical (unpaired) electrons. The number of aromatic nitrogens is 1. The van der Waals surface area contributed by atoms with Gasteiger partial charge < -0.3 is 14.7 Å². The van der Waals surface area contributed by atoms with Crippen molar-refractivity contribution in [3.63, 3.8) is 0 Å². The van der Waals surface area contributed by atoms with Crippen molar-refractivity contribution in [3.05, 3.63) is 58.8 Å². The number of nitrogens with zero attached hydrogens (tertiary/aromatic N) is 2. The zero-order valence-corrected chi connectivity index (χ0v) is 18.9. The maximum Gasteiger partial charge on any atom is 0.417 e. The summed E-state index contributed by atoms with van der Waals surface area (Å²) >= 11 is 0. The first-order valence-corrected chi connectivity index (χ1v) is 11.6. The molecule has 1 aliphatic heterocycles. The fourth-order valence-corrected chi connectivity index (χ4v) is 4.83. The Kier molecular flexibility index (Phi) is 5.82. The number of hydrogen-bond acceptors (Lipinski definition) is 7. The molecular weight excluding hydrogens is 501 g/mol. The second kappa shape index (κ2) is 8.29. The molecule has 8 nitrogen and oxygen atoms in total. The van der Waals surface area contributed by atoms with Crippen LogP contribution in [-0.4, -0.2) is 30.1 Å².